The molecule has 112 valence electrons. The number of nitrogens with zero attached hydrogens (tertiary/aromatic N) is 1. The van der Waals surface area contributed by atoms with Crippen molar-refractivity contribution in [3.8, 4) is 0 Å². The van der Waals surface area contributed by atoms with Crippen LogP contribution in [0.25, 0.3) is 11.0 Å². The average Bonchev–Trinajstić information content (AvgIpc) is 2.46. The number of fused-ring (bicyclic) bond motifs is 1. The summed E-state index contributed by atoms with van der Waals surface area (Å²) in [4.78, 5) is 11.2. The number of hydrogen-bond donors (Lipinski definition) is 1. The van der Waals surface area contributed by atoms with Crippen molar-refractivity contribution >= 4 is 21.0 Å². The smallest absolute Gasteiger partial charge is 0.336 e. The molecule has 6 nitrogen and oxygen atoms in total. The van der Waals surface area contributed by atoms with Crippen LogP contribution in [0.1, 0.15) is 0 Å². The minimum absolute atomic E-state index is 0.0176. The van der Waals surface area contributed by atoms with E-state index in [1.165, 1.54) is 36.4 Å². The lowest BCUT2D eigenvalue weighted by Crippen LogP contribution is -2.33. The predicted octanol–water partition coefficient (Wildman–Crippen LogP) is 0.962. The summed E-state index contributed by atoms with van der Waals surface area (Å²) in [6.07, 6.45) is 1.45. The highest BCUT2D eigenvalue weighted by atomic mass is 32.2. The zero-order valence-electron chi connectivity index (χ0n) is 11.2. The van der Waals surface area contributed by atoms with Crippen LogP contribution in [0.5, 0.6) is 0 Å². The van der Waals surface area contributed by atoms with Gasteiger partial charge in [-0.25, -0.2) is 13.2 Å². The van der Waals surface area contributed by atoms with Crippen LogP contribution in [-0.2, 0) is 10.0 Å². The Morgan fingerprint density at radius 3 is 2.71 bits per heavy atom. The number of hydrogen-bond acceptors (Lipinski definition) is 5. The van der Waals surface area contributed by atoms with Gasteiger partial charge in [-0.1, -0.05) is 6.08 Å². The molecule has 0 saturated heterocycles. The third-order valence-corrected chi connectivity index (χ3v) is 4.77. The summed E-state index contributed by atoms with van der Waals surface area (Å²) in [7, 11) is -3.74. The Morgan fingerprint density at radius 1 is 1.29 bits per heavy atom. The molecule has 0 aliphatic carbocycles. The minimum atomic E-state index is -3.74. The van der Waals surface area contributed by atoms with Crippen LogP contribution in [0, 0.1) is 0 Å². The first kappa shape index (κ1) is 15.4. The van der Waals surface area contributed by atoms with Gasteiger partial charge in [0.25, 0.3) is 0 Å². The highest BCUT2D eigenvalue weighted by Gasteiger charge is 2.23. The molecule has 1 aromatic heterocycles. The highest BCUT2D eigenvalue weighted by molar-refractivity contribution is 7.89. The fourth-order valence-electron chi connectivity index (χ4n) is 1.92. The molecule has 1 N–H and O–H groups in total. The van der Waals surface area contributed by atoms with Crippen LogP contribution in [0.3, 0.4) is 0 Å². The summed E-state index contributed by atoms with van der Waals surface area (Å²) in [5, 5.41) is 9.50. The second kappa shape index (κ2) is 6.21. The summed E-state index contributed by atoms with van der Waals surface area (Å²) in [6.45, 7) is 3.31. The number of aliphatic hydroxyl groups is 1. The SMILES string of the molecule is C=CCN(CCO)S(=O)(=O)c1ccc2oc(=O)ccc2c1. The number of aliphatic hydroxyl groups excluding tert-OH is 1. The molecule has 0 amide bonds. The van der Waals surface area contributed by atoms with Crippen LogP contribution >= 0.6 is 0 Å². The molecule has 7 heteroatoms. The summed E-state index contributed by atoms with van der Waals surface area (Å²) in [6, 6.07) is 6.97. The van der Waals surface area contributed by atoms with Crippen LogP contribution in [0.4, 0.5) is 0 Å². The molecule has 0 fully saturated rings. The van der Waals surface area contributed by atoms with Crippen LogP contribution in [0.2, 0.25) is 0 Å². The Morgan fingerprint density at radius 2 is 2.05 bits per heavy atom. The summed E-state index contributed by atoms with van der Waals surface area (Å²) >= 11 is 0. The van der Waals surface area contributed by atoms with Crippen molar-refractivity contribution in [3.05, 3.63) is 53.4 Å². The van der Waals surface area contributed by atoms with Gasteiger partial charge in [-0.15, -0.1) is 6.58 Å². The van der Waals surface area contributed by atoms with E-state index in [2.05, 4.69) is 6.58 Å². The molecule has 0 atom stereocenters. The van der Waals surface area contributed by atoms with Gasteiger partial charge in [0.2, 0.25) is 10.0 Å². The molecule has 0 saturated carbocycles. The van der Waals surface area contributed by atoms with Crippen molar-refractivity contribution in [1.82, 2.24) is 4.31 Å². The molecule has 1 aromatic carbocycles. The van der Waals surface area contributed by atoms with Crippen molar-refractivity contribution in [2.75, 3.05) is 19.7 Å². The monoisotopic (exact) mass is 309 g/mol. The van der Waals surface area contributed by atoms with Crippen LogP contribution in [0.15, 0.2) is 57.1 Å². The lowest BCUT2D eigenvalue weighted by atomic mass is 10.2. The van der Waals surface area contributed by atoms with E-state index in [1.54, 1.807) is 0 Å². The van der Waals surface area contributed by atoms with Crippen molar-refractivity contribution < 1.29 is 17.9 Å². The Labute approximate surface area is 122 Å². The molecule has 0 unspecified atom stereocenters. The maximum atomic E-state index is 12.5. The third-order valence-electron chi connectivity index (χ3n) is 2.91. The van der Waals surface area contributed by atoms with E-state index in [4.69, 9.17) is 9.52 Å². The van der Waals surface area contributed by atoms with E-state index in [0.29, 0.717) is 11.0 Å². The molecule has 0 aliphatic heterocycles. The second-order valence-electron chi connectivity index (χ2n) is 4.33. The fourth-order valence-corrected chi connectivity index (χ4v) is 3.36. The maximum Gasteiger partial charge on any atom is 0.336 e. The van der Waals surface area contributed by atoms with Gasteiger partial charge in [0.05, 0.1) is 11.5 Å². The molecule has 0 spiro atoms. The zero-order chi connectivity index (χ0) is 15.5. The van der Waals surface area contributed by atoms with Gasteiger partial charge in [-0.05, 0) is 24.3 Å². The van der Waals surface area contributed by atoms with Crippen molar-refractivity contribution in [2.24, 2.45) is 0 Å². The predicted molar refractivity (Wildman–Crippen MR) is 78.5 cm³/mol. The highest BCUT2D eigenvalue weighted by Crippen LogP contribution is 2.21. The molecular weight excluding hydrogens is 294 g/mol. The molecule has 2 rings (SSSR count). The summed E-state index contributed by atoms with van der Waals surface area (Å²) in [5.74, 6) is 0. The van der Waals surface area contributed by atoms with E-state index < -0.39 is 15.6 Å². The Bertz CT molecular complexity index is 809. The van der Waals surface area contributed by atoms with Crippen LogP contribution < -0.4 is 5.63 Å². The molecule has 0 radical (unpaired) electrons. The fraction of sp³-hybridized carbons (Fsp3) is 0.214. The molecule has 21 heavy (non-hydrogen) atoms. The van der Waals surface area contributed by atoms with E-state index in [9.17, 15) is 13.2 Å². The van der Waals surface area contributed by atoms with E-state index in [1.807, 2.05) is 0 Å². The van der Waals surface area contributed by atoms with E-state index >= 15 is 0 Å². The first-order chi connectivity index (χ1) is 9.98. The molecule has 1 heterocycles. The van der Waals surface area contributed by atoms with Gasteiger partial charge in [0.1, 0.15) is 5.58 Å². The lowest BCUT2D eigenvalue weighted by molar-refractivity contribution is 0.260. The number of benzene rings is 1. The van der Waals surface area contributed by atoms with Gasteiger partial charge >= 0.3 is 5.63 Å². The maximum absolute atomic E-state index is 12.5. The van der Waals surface area contributed by atoms with Crippen molar-refractivity contribution in [1.29, 1.82) is 0 Å². The zero-order valence-corrected chi connectivity index (χ0v) is 12.0. The lowest BCUT2D eigenvalue weighted by Gasteiger charge is -2.19. The minimum Gasteiger partial charge on any atom is -0.423 e. The first-order valence-electron chi connectivity index (χ1n) is 6.25. The van der Waals surface area contributed by atoms with Gasteiger partial charge in [-0.2, -0.15) is 4.31 Å². The standard InChI is InChI=1S/C14H15NO5S/c1-2-7-15(8-9-16)21(18,19)12-4-5-13-11(10-12)3-6-14(17)20-13/h2-6,10,16H,1,7-9H2. The van der Waals surface area contributed by atoms with Crippen LogP contribution in [-0.4, -0.2) is 37.5 Å². The van der Waals surface area contributed by atoms with E-state index in [0.717, 1.165) is 4.31 Å². The Hall–Kier alpha value is -1.96. The largest absolute Gasteiger partial charge is 0.423 e. The van der Waals surface area contributed by atoms with Gasteiger partial charge in [0, 0.05) is 24.5 Å². The second-order valence-corrected chi connectivity index (χ2v) is 6.27. The van der Waals surface area contributed by atoms with Crippen molar-refractivity contribution in [3.63, 3.8) is 0 Å². The number of rotatable bonds is 6. The summed E-state index contributed by atoms with van der Waals surface area (Å²) < 4.78 is 31.1. The van der Waals surface area contributed by atoms with E-state index in [-0.39, 0.29) is 24.6 Å². The molecule has 0 aliphatic rings. The topological polar surface area (TPSA) is 87.8 Å². The Balaban J connectivity index is 2.50. The quantitative estimate of drug-likeness (QED) is 0.634. The Kier molecular flexibility index (Phi) is 4.56. The number of sulfonamides is 1. The first-order valence-corrected chi connectivity index (χ1v) is 7.69. The molecule has 0 bridgehead atoms. The molecule has 2 aromatic rings. The summed E-state index contributed by atoms with van der Waals surface area (Å²) in [5.41, 5.74) is -0.175. The third kappa shape index (κ3) is 3.21. The molecular formula is C14H15NO5S. The normalized spacial score (nSPS) is 11.9. The van der Waals surface area contributed by atoms with Gasteiger partial charge in [-0.3, -0.25) is 0 Å². The van der Waals surface area contributed by atoms with Gasteiger partial charge in [0.15, 0.2) is 0 Å². The van der Waals surface area contributed by atoms with Gasteiger partial charge < -0.3 is 9.52 Å². The van der Waals surface area contributed by atoms with Crippen molar-refractivity contribution in [2.45, 2.75) is 4.90 Å². The average molecular weight is 309 g/mol.